The summed E-state index contributed by atoms with van der Waals surface area (Å²) in [6, 6.07) is 8.47. The lowest BCUT2D eigenvalue weighted by Crippen LogP contribution is -2.49. The molecule has 1 saturated heterocycles. The molecule has 1 aliphatic heterocycles. The van der Waals surface area contributed by atoms with E-state index in [0.29, 0.717) is 5.69 Å². The number of likely N-dealkylation sites (N-methyl/N-ethyl adjacent to an activating group) is 1. The summed E-state index contributed by atoms with van der Waals surface area (Å²) in [7, 11) is 1.53. The van der Waals surface area contributed by atoms with Gasteiger partial charge in [0.2, 0.25) is 11.8 Å². The average Bonchev–Trinajstić information content (AvgIpc) is 3.39. The van der Waals surface area contributed by atoms with Crippen molar-refractivity contribution in [3.8, 4) is 11.3 Å². The molecule has 174 valence electrons. The van der Waals surface area contributed by atoms with Crippen molar-refractivity contribution in [1.82, 2.24) is 30.2 Å². The SMILES string of the molecule is CNC(=O)C1CC(O)CN1C(=O)[C@@H](n1cc(-c2ccc3nc(C)ccc3c2)nn1)C(C)(C)C. The molecule has 3 heterocycles. The third-order valence-electron chi connectivity index (χ3n) is 6.06. The molecule has 3 atom stereocenters. The number of benzene rings is 1. The van der Waals surface area contributed by atoms with Crippen LogP contribution >= 0.6 is 0 Å². The maximum absolute atomic E-state index is 13.7. The van der Waals surface area contributed by atoms with Gasteiger partial charge in [0.05, 0.1) is 17.8 Å². The van der Waals surface area contributed by atoms with Crippen LogP contribution in [0.2, 0.25) is 0 Å². The van der Waals surface area contributed by atoms with E-state index >= 15 is 0 Å². The molecule has 9 nitrogen and oxygen atoms in total. The number of β-amino-alcohol motifs (C(OH)–C–C–N with tert-alkyl or cyclic N) is 1. The van der Waals surface area contributed by atoms with E-state index in [4.69, 9.17) is 0 Å². The maximum Gasteiger partial charge on any atom is 0.248 e. The van der Waals surface area contributed by atoms with E-state index in [1.54, 1.807) is 10.9 Å². The molecule has 3 aromatic rings. The molecule has 1 fully saturated rings. The van der Waals surface area contributed by atoms with Crippen LogP contribution in [-0.2, 0) is 9.59 Å². The Morgan fingerprint density at radius 3 is 2.67 bits per heavy atom. The third-order valence-corrected chi connectivity index (χ3v) is 6.06. The van der Waals surface area contributed by atoms with E-state index in [-0.39, 0.29) is 24.8 Å². The number of amides is 2. The van der Waals surface area contributed by atoms with E-state index in [9.17, 15) is 14.7 Å². The smallest absolute Gasteiger partial charge is 0.248 e. The van der Waals surface area contributed by atoms with Crippen molar-refractivity contribution in [2.24, 2.45) is 5.41 Å². The molecule has 1 aliphatic rings. The lowest BCUT2D eigenvalue weighted by molar-refractivity contribution is -0.144. The molecule has 1 aromatic carbocycles. The Bertz CT molecular complexity index is 1200. The highest BCUT2D eigenvalue weighted by atomic mass is 16.3. The average molecular weight is 451 g/mol. The minimum absolute atomic E-state index is 0.113. The molecular formula is C24H30N6O3. The van der Waals surface area contributed by atoms with Gasteiger partial charge in [0.25, 0.3) is 0 Å². The summed E-state index contributed by atoms with van der Waals surface area (Å²) in [5, 5.41) is 22.4. The number of aliphatic hydroxyl groups excluding tert-OH is 1. The van der Waals surface area contributed by atoms with E-state index in [0.717, 1.165) is 22.2 Å². The Hall–Kier alpha value is -3.33. The summed E-state index contributed by atoms with van der Waals surface area (Å²) in [4.78, 5) is 32.0. The van der Waals surface area contributed by atoms with Crippen LogP contribution in [-0.4, -0.2) is 67.5 Å². The Kier molecular flexibility index (Phi) is 5.92. The van der Waals surface area contributed by atoms with Crippen molar-refractivity contribution in [2.45, 2.75) is 52.3 Å². The number of nitrogens with one attached hydrogen (secondary N) is 1. The number of hydrogen-bond donors (Lipinski definition) is 2. The summed E-state index contributed by atoms with van der Waals surface area (Å²) in [5.41, 5.74) is 2.87. The summed E-state index contributed by atoms with van der Waals surface area (Å²) >= 11 is 0. The molecule has 0 aliphatic carbocycles. The largest absolute Gasteiger partial charge is 0.391 e. The van der Waals surface area contributed by atoms with Crippen LogP contribution in [0.3, 0.4) is 0 Å². The number of aromatic nitrogens is 4. The lowest BCUT2D eigenvalue weighted by atomic mass is 9.85. The first kappa shape index (κ1) is 22.8. The Labute approximate surface area is 192 Å². The van der Waals surface area contributed by atoms with Crippen molar-refractivity contribution in [1.29, 1.82) is 0 Å². The van der Waals surface area contributed by atoms with Gasteiger partial charge >= 0.3 is 0 Å². The van der Waals surface area contributed by atoms with Crippen molar-refractivity contribution < 1.29 is 14.7 Å². The van der Waals surface area contributed by atoms with Gasteiger partial charge in [-0.25, -0.2) is 4.68 Å². The summed E-state index contributed by atoms with van der Waals surface area (Å²) < 4.78 is 1.57. The number of carbonyl (C=O) groups is 2. The summed E-state index contributed by atoms with van der Waals surface area (Å²) in [6.07, 6.45) is 1.24. The first-order valence-corrected chi connectivity index (χ1v) is 11.1. The second-order valence-corrected chi connectivity index (χ2v) is 9.72. The lowest BCUT2D eigenvalue weighted by Gasteiger charge is -2.34. The topological polar surface area (TPSA) is 113 Å². The van der Waals surface area contributed by atoms with Crippen LogP contribution < -0.4 is 5.32 Å². The fourth-order valence-corrected chi connectivity index (χ4v) is 4.43. The minimum Gasteiger partial charge on any atom is -0.391 e. The molecule has 9 heteroatoms. The van der Waals surface area contributed by atoms with Crippen molar-refractivity contribution in [2.75, 3.05) is 13.6 Å². The molecule has 0 spiro atoms. The standard InChI is InChI=1S/C24H30N6O3/c1-14-6-7-15-10-16(8-9-18(15)26-14)19-13-30(28-27-19)21(24(2,3)4)23(33)29-12-17(31)11-20(29)22(32)25-5/h6-10,13,17,20-21,31H,11-12H2,1-5H3,(H,25,32)/t17?,20?,21-/m1/s1. The van der Waals surface area contributed by atoms with Crippen LogP contribution in [0, 0.1) is 12.3 Å². The minimum atomic E-state index is -0.738. The van der Waals surface area contributed by atoms with Gasteiger partial charge < -0.3 is 15.3 Å². The zero-order chi connectivity index (χ0) is 23.9. The number of rotatable bonds is 4. The summed E-state index contributed by atoms with van der Waals surface area (Å²) in [6.45, 7) is 7.91. The number of likely N-dealkylation sites (tertiary alicyclic amines) is 1. The number of aryl methyl sites for hydroxylation is 1. The van der Waals surface area contributed by atoms with Crippen molar-refractivity contribution in [3.63, 3.8) is 0 Å². The van der Waals surface area contributed by atoms with Crippen LogP contribution in [0.5, 0.6) is 0 Å². The Morgan fingerprint density at radius 1 is 1.21 bits per heavy atom. The molecule has 0 bridgehead atoms. The molecule has 2 aromatic heterocycles. The van der Waals surface area contributed by atoms with Crippen LogP contribution in [0.15, 0.2) is 36.5 Å². The number of hydrogen-bond acceptors (Lipinski definition) is 6. The zero-order valence-corrected chi connectivity index (χ0v) is 19.6. The summed E-state index contributed by atoms with van der Waals surface area (Å²) in [5.74, 6) is -0.547. The fourth-order valence-electron chi connectivity index (χ4n) is 4.43. The number of nitrogens with zero attached hydrogens (tertiary/aromatic N) is 5. The number of aliphatic hydroxyl groups is 1. The predicted octanol–water partition coefficient (Wildman–Crippen LogP) is 2.10. The van der Waals surface area contributed by atoms with Crippen LogP contribution in [0.1, 0.15) is 38.9 Å². The van der Waals surface area contributed by atoms with Gasteiger partial charge in [0, 0.05) is 36.7 Å². The van der Waals surface area contributed by atoms with E-state index < -0.39 is 23.6 Å². The Balaban J connectivity index is 1.68. The number of pyridine rings is 1. The first-order valence-electron chi connectivity index (χ1n) is 11.1. The van der Waals surface area contributed by atoms with Gasteiger partial charge in [-0.05, 0) is 30.5 Å². The Morgan fingerprint density at radius 2 is 1.97 bits per heavy atom. The molecular weight excluding hydrogens is 420 g/mol. The third kappa shape index (κ3) is 4.45. The molecule has 0 radical (unpaired) electrons. The highest BCUT2D eigenvalue weighted by molar-refractivity contribution is 5.90. The zero-order valence-electron chi connectivity index (χ0n) is 19.6. The van der Waals surface area contributed by atoms with Crippen molar-refractivity contribution in [3.05, 3.63) is 42.2 Å². The second-order valence-electron chi connectivity index (χ2n) is 9.72. The first-order chi connectivity index (χ1) is 15.6. The monoisotopic (exact) mass is 450 g/mol. The second kappa shape index (κ2) is 8.55. The van der Waals surface area contributed by atoms with Gasteiger partial charge in [-0.15, -0.1) is 5.10 Å². The molecule has 33 heavy (non-hydrogen) atoms. The van der Waals surface area contributed by atoms with Gasteiger partial charge in [0.1, 0.15) is 17.8 Å². The molecule has 2 unspecified atom stereocenters. The van der Waals surface area contributed by atoms with E-state index in [1.807, 2.05) is 58.0 Å². The normalized spacial score (nSPS) is 19.6. The molecule has 2 amide bonds. The maximum atomic E-state index is 13.7. The van der Waals surface area contributed by atoms with Crippen LogP contribution in [0.4, 0.5) is 0 Å². The molecule has 0 saturated carbocycles. The predicted molar refractivity (Wildman–Crippen MR) is 124 cm³/mol. The number of carbonyl (C=O) groups excluding carboxylic acids is 2. The van der Waals surface area contributed by atoms with Crippen LogP contribution in [0.25, 0.3) is 22.2 Å². The highest BCUT2D eigenvalue weighted by Gasteiger charge is 2.45. The van der Waals surface area contributed by atoms with Gasteiger partial charge in [-0.2, -0.15) is 0 Å². The van der Waals surface area contributed by atoms with Gasteiger partial charge in [-0.1, -0.05) is 38.1 Å². The van der Waals surface area contributed by atoms with Crippen molar-refractivity contribution >= 4 is 22.7 Å². The van der Waals surface area contributed by atoms with Gasteiger partial charge in [-0.3, -0.25) is 14.6 Å². The highest BCUT2D eigenvalue weighted by Crippen LogP contribution is 2.35. The molecule has 4 rings (SSSR count). The number of fused-ring (bicyclic) bond motifs is 1. The van der Waals surface area contributed by atoms with E-state index in [1.165, 1.54) is 11.9 Å². The quantitative estimate of drug-likeness (QED) is 0.629. The van der Waals surface area contributed by atoms with Gasteiger partial charge in [0.15, 0.2) is 0 Å². The van der Waals surface area contributed by atoms with E-state index in [2.05, 4.69) is 20.6 Å². The molecule has 2 N–H and O–H groups in total. The fraction of sp³-hybridized carbons (Fsp3) is 0.458.